The molecule has 0 bridgehead atoms. The molecule has 12 heteroatoms. The van der Waals surface area contributed by atoms with E-state index in [9.17, 15) is 13.2 Å². The molecular weight excluding hydrogens is 599 g/mol. The van der Waals surface area contributed by atoms with Crippen LogP contribution in [0.1, 0.15) is 29.6 Å². The molecule has 7 rings (SSSR count). The van der Waals surface area contributed by atoms with Crippen LogP contribution in [-0.2, 0) is 10.0 Å². The second-order valence-electron chi connectivity index (χ2n) is 10.4. The Hall–Kier alpha value is -4.65. The molecule has 0 atom stereocenters. The minimum atomic E-state index is -3.82. The van der Waals surface area contributed by atoms with Gasteiger partial charge in [0.05, 0.1) is 40.1 Å². The lowest BCUT2D eigenvalue weighted by Crippen LogP contribution is -2.35. The number of hydrogen-bond donors (Lipinski definition) is 1. The van der Waals surface area contributed by atoms with E-state index in [4.69, 9.17) is 14.1 Å². The number of oxazole rings is 1. The number of thiazole rings is 1. The van der Waals surface area contributed by atoms with E-state index in [1.54, 1.807) is 29.5 Å². The van der Waals surface area contributed by atoms with Crippen LogP contribution < -0.4 is 10.1 Å². The topological polar surface area (TPSA) is 128 Å². The third kappa shape index (κ3) is 5.21. The van der Waals surface area contributed by atoms with Crippen molar-refractivity contribution in [3.63, 3.8) is 0 Å². The number of nitrogens with zero attached hydrogens (tertiary/aromatic N) is 4. The Morgan fingerprint density at radius 3 is 2.57 bits per heavy atom. The number of aromatic nitrogens is 3. The average Bonchev–Trinajstić information content (AvgIpc) is 3.77. The fraction of sp³-hybridized carbons (Fsp3) is 0.188. The number of anilines is 1. The highest BCUT2D eigenvalue weighted by Gasteiger charge is 2.29. The van der Waals surface area contributed by atoms with Crippen LogP contribution in [0, 0.1) is 0 Å². The standard InChI is InChI=1S/C32H27N5O5S2/c1-41-28-9-7-22(17-30(28)44(39,40)37-12-3-2-4-13-37)35-31(38)24-18-27(32-33-11-14-42-32)36-25-8-5-20(15-23(24)25)21-6-10-29-26(16-21)34-19-43-29/h5-11,14-19H,2-4,12-13H2,1H3,(H,35,38). The van der Waals surface area contributed by atoms with Crippen LogP contribution in [0.15, 0.2) is 87.9 Å². The number of sulfonamides is 1. The summed E-state index contributed by atoms with van der Waals surface area (Å²) in [4.78, 5) is 27.3. The van der Waals surface area contributed by atoms with Crippen molar-refractivity contribution < 1.29 is 22.4 Å². The number of carbonyl (C=O) groups excluding carboxylic acids is 1. The first-order valence-electron chi connectivity index (χ1n) is 14.1. The number of rotatable bonds is 7. The minimum Gasteiger partial charge on any atom is -0.495 e. The zero-order valence-corrected chi connectivity index (χ0v) is 25.3. The minimum absolute atomic E-state index is 0.0134. The lowest BCUT2D eigenvalue weighted by Gasteiger charge is -2.26. The average molecular weight is 626 g/mol. The molecule has 0 radical (unpaired) electrons. The number of benzene rings is 3. The molecule has 0 spiro atoms. The van der Waals surface area contributed by atoms with Crippen molar-refractivity contribution in [1.82, 2.24) is 19.3 Å². The van der Waals surface area contributed by atoms with Gasteiger partial charge in [0.1, 0.15) is 22.6 Å². The van der Waals surface area contributed by atoms with Crippen LogP contribution in [0.25, 0.3) is 43.8 Å². The van der Waals surface area contributed by atoms with Crippen molar-refractivity contribution in [2.45, 2.75) is 24.2 Å². The highest BCUT2D eigenvalue weighted by Crippen LogP contribution is 2.34. The van der Waals surface area contributed by atoms with Gasteiger partial charge in [0, 0.05) is 24.2 Å². The van der Waals surface area contributed by atoms with Crippen LogP contribution >= 0.6 is 11.3 Å². The number of hydrogen-bond acceptors (Lipinski definition) is 9. The van der Waals surface area contributed by atoms with E-state index < -0.39 is 15.9 Å². The molecule has 6 aromatic rings. The molecule has 44 heavy (non-hydrogen) atoms. The molecular formula is C32H27N5O5S2. The highest BCUT2D eigenvalue weighted by atomic mass is 32.2. The molecule has 1 saturated heterocycles. The Balaban J connectivity index is 1.30. The quantitative estimate of drug-likeness (QED) is 0.210. The van der Waals surface area contributed by atoms with E-state index >= 15 is 0 Å². The van der Waals surface area contributed by atoms with E-state index in [1.807, 2.05) is 41.9 Å². The first kappa shape index (κ1) is 28.1. The lowest BCUT2D eigenvalue weighted by atomic mass is 9.99. The number of fused-ring (bicyclic) bond motifs is 2. The van der Waals surface area contributed by atoms with Gasteiger partial charge in [0.15, 0.2) is 0 Å². The van der Waals surface area contributed by atoms with E-state index in [-0.39, 0.29) is 16.5 Å². The smallest absolute Gasteiger partial charge is 0.256 e. The van der Waals surface area contributed by atoms with Crippen molar-refractivity contribution in [2.24, 2.45) is 0 Å². The van der Waals surface area contributed by atoms with Crippen LogP contribution in [0.4, 0.5) is 5.69 Å². The monoisotopic (exact) mass is 625 g/mol. The summed E-state index contributed by atoms with van der Waals surface area (Å²) >= 11 is 1.58. The first-order chi connectivity index (χ1) is 21.4. The number of ether oxygens (including phenoxy) is 1. The predicted molar refractivity (Wildman–Crippen MR) is 169 cm³/mol. The molecule has 1 aliphatic rings. The largest absolute Gasteiger partial charge is 0.495 e. The number of piperidine rings is 1. The molecule has 3 aromatic carbocycles. The van der Waals surface area contributed by atoms with E-state index in [2.05, 4.69) is 15.3 Å². The van der Waals surface area contributed by atoms with Crippen LogP contribution in [0.2, 0.25) is 0 Å². The first-order valence-corrected chi connectivity index (χ1v) is 16.4. The summed E-state index contributed by atoms with van der Waals surface area (Å²) in [6, 6.07) is 18.1. The summed E-state index contributed by atoms with van der Waals surface area (Å²) in [5.41, 5.74) is 6.18. The Bertz CT molecular complexity index is 2120. The second-order valence-corrected chi connectivity index (χ2v) is 13.2. The third-order valence-corrected chi connectivity index (χ3v) is 10.5. The fourth-order valence-corrected chi connectivity index (χ4v) is 7.85. The number of methoxy groups -OCH3 is 1. The van der Waals surface area contributed by atoms with Crippen LogP contribution in [0.3, 0.4) is 0 Å². The molecule has 0 unspecified atom stereocenters. The number of carbonyl (C=O) groups is 1. The van der Waals surface area contributed by atoms with Crippen molar-refractivity contribution in [2.75, 3.05) is 25.5 Å². The Labute approximate surface area is 257 Å². The van der Waals surface area contributed by atoms with Crippen LogP contribution in [-0.4, -0.2) is 53.8 Å². The molecule has 1 amide bonds. The van der Waals surface area contributed by atoms with Crippen molar-refractivity contribution >= 4 is 54.1 Å². The maximum atomic E-state index is 14.0. The van der Waals surface area contributed by atoms with E-state index in [0.717, 1.165) is 40.6 Å². The zero-order valence-electron chi connectivity index (χ0n) is 23.7. The predicted octanol–water partition coefficient (Wildman–Crippen LogP) is 6.60. The summed E-state index contributed by atoms with van der Waals surface area (Å²) in [5, 5.41) is 3.52. The van der Waals surface area contributed by atoms with Crippen molar-refractivity contribution in [1.29, 1.82) is 0 Å². The Morgan fingerprint density at radius 2 is 1.77 bits per heavy atom. The van der Waals surface area contributed by atoms with Gasteiger partial charge in [0.2, 0.25) is 15.9 Å². The Morgan fingerprint density at radius 1 is 0.955 bits per heavy atom. The molecule has 0 aliphatic carbocycles. The van der Waals surface area contributed by atoms with Gasteiger partial charge in [-0.05, 0) is 72.5 Å². The molecule has 1 aliphatic heterocycles. The van der Waals surface area contributed by atoms with Crippen molar-refractivity contribution in [3.05, 3.63) is 84.2 Å². The van der Waals surface area contributed by atoms with Gasteiger partial charge in [-0.1, -0.05) is 18.6 Å². The van der Waals surface area contributed by atoms with Gasteiger partial charge in [-0.15, -0.1) is 11.3 Å². The summed E-state index contributed by atoms with van der Waals surface area (Å²) in [5.74, 6) is 0.0537. The van der Waals surface area contributed by atoms with E-state index in [0.29, 0.717) is 40.9 Å². The van der Waals surface area contributed by atoms with Gasteiger partial charge in [0.25, 0.3) is 5.91 Å². The fourth-order valence-electron chi connectivity index (χ4n) is 5.49. The van der Waals surface area contributed by atoms with Gasteiger partial charge >= 0.3 is 0 Å². The molecule has 4 heterocycles. The molecule has 3 aromatic heterocycles. The maximum absolute atomic E-state index is 14.0. The van der Waals surface area contributed by atoms with Crippen molar-refractivity contribution in [3.8, 4) is 28.5 Å². The second kappa shape index (κ2) is 11.5. The summed E-state index contributed by atoms with van der Waals surface area (Å²) < 4.78 is 40.6. The SMILES string of the molecule is COc1ccc(NC(=O)c2cc(-c3ncco3)nc3ccc(-c4ccc5scnc5c4)cc23)cc1S(=O)(=O)N1CCCCC1. The molecule has 0 saturated carbocycles. The van der Waals surface area contributed by atoms with Crippen LogP contribution in [0.5, 0.6) is 5.75 Å². The molecule has 10 nitrogen and oxygen atoms in total. The number of nitrogens with one attached hydrogen (secondary N) is 1. The number of pyridine rings is 1. The van der Waals surface area contributed by atoms with Gasteiger partial charge < -0.3 is 14.5 Å². The van der Waals surface area contributed by atoms with Gasteiger partial charge in [-0.25, -0.2) is 23.4 Å². The molecule has 1 fully saturated rings. The summed E-state index contributed by atoms with van der Waals surface area (Å²) in [6.07, 6.45) is 5.57. The normalized spacial score (nSPS) is 14.2. The van der Waals surface area contributed by atoms with Gasteiger partial charge in [-0.2, -0.15) is 4.31 Å². The highest BCUT2D eigenvalue weighted by molar-refractivity contribution is 7.89. The number of amides is 1. The molecule has 222 valence electrons. The summed E-state index contributed by atoms with van der Waals surface area (Å²) in [7, 11) is -2.39. The zero-order chi connectivity index (χ0) is 30.3. The third-order valence-electron chi connectivity index (χ3n) is 7.72. The van der Waals surface area contributed by atoms with E-state index in [1.165, 1.54) is 29.9 Å². The summed E-state index contributed by atoms with van der Waals surface area (Å²) in [6.45, 7) is 0.902. The molecule has 1 N–H and O–H groups in total. The van der Waals surface area contributed by atoms with Gasteiger partial charge in [-0.3, -0.25) is 4.79 Å². The maximum Gasteiger partial charge on any atom is 0.256 e. The lowest BCUT2D eigenvalue weighted by molar-refractivity contribution is 0.102. The Kier molecular flexibility index (Phi) is 7.32.